The fourth-order valence-electron chi connectivity index (χ4n) is 1.49. The van der Waals surface area contributed by atoms with Crippen molar-refractivity contribution < 1.29 is 0 Å². The minimum Gasteiger partial charge on any atom is -0.237 e. The SMILES string of the molecule is [C-]#[N+]c1cc2c(Br)cc(Br)c-2ccc1C#N. The minimum atomic E-state index is 0.372. The van der Waals surface area contributed by atoms with E-state index in [-0.39, 0.29) is 0 Å². The summed E-state index contributed by atoms with van der Waals surface area (Å²) in [7, 11) is 0. The number of fused-ring (bicyclic) bond motifs is 1. The van der Waals surface area contributed by atoms with Crippen LogP contribution in [0.15, 0.2) is 33.2 Å². The van der Waals surface area contributed by atoms with Crippen LogP contribution in [0.3, 0.4) is 0 Å². The van der Waals surface area contributed by atoms with E-state index in [1.165, 1.54) is 0 Å². The van der Waals surface area contributed by atoms with Crippen molar-refractivity contribution in [2.75, 3.05) is 0 Å². The van der Waals surface area contributed by atoms with E-state index >= 15 is 0 Å². The average Bonchev–Trinajstić information content (AvgIpc) is 2.48. The Kier molecular flexibility index (Phi) is 2.96. The minimum absolute atomic E-state index is 0.372. The maximum Gasteiger partial charge on any atom is 0.205 e. The van der Waals surface area contributed by atoms with Crippen LogP contribution < -0.4 is 0 Å². The van der Waals surface area contributed by atoms with E-state index < -0.39 is 0 Å². The third-order valence-electron chi connectivity index (χ3n) is 2.27. The highest BCUT2D eigenvalue weighted by Gasteiger charge is 2.13. The number of rotatable bonds is 0. The van der Waals surface area contributed by atoms with Gasteiger partial charge in [-0.25, -0.2) is 4.85 Å². The summed E-state index contributed by atoms with van der Waals surface area (Å²) in [6, 6.07) is 9.21. The van der Waals surface area contributed by atoms with Crippen molar-refractivity contribution in [1.29, 1.82) is 5.26 Å². The van der Waals surface area contributed by atoms with Crippen LogP contribution in [0.5, 0.6) is 0 Å². The number of hydrogen-bond acceptors (Lipinski definition) is 1. The van der Waals surface area contributed by atoms with Gasteiger partial charge >= 0.3 is 0 Å². The molecule has 0 aromatic carbocycles. The lowest BCUT2D eigenvalue weighted by Gasteiger charge is -1.93. The summed E-state index contributed by atoms with van der Waals surface area (Å²) in [5.74, 6) is 0. The molecule has 0 radical (unpaired) electrons. The zero-order valence-electron chi connectivity index (χ0n) is 7.96. The van der Waals surface area contributed by atoms with E-state index in [9.17, 15) is 0 Å². The lowest BCUT2D eigenvalue weighted by molar-refractivity contribution is 1.50. The van der Waals surface area contributed by atoms with Crippen molar-refractivity contribution in [3.05, 3.63) is 50.2 Å². The quantitative estimate of drug-likeness (QED) is 0.639. The molecule has 0 unspecified atom stereocenters. The molecule has 2 rings (SSSR count). The van der Waals surface area contributed by atoms with Crippen LogP contribution in [0, 0.1) is 17.9 Å². The molecular weight excluding hydrogens is 332 g/mol. The van der Waals surface area contributed by atoms with Gasteiger partial charge in [0.25, 0.3) is 0 Å². The molecule has 0 aromatic rings. The van der Waals surface area contributed by atoms with Gasteiger partial charge in [-0.15, -0.1) is 0 Å². The fourth-order valence-corrected chi connectivity index (χ4v) is 2.93. The lowest BCUT2D eigenvalue weighted by atomic mass is 10.2. The van der Waals surface area contributed by atoms with Gasteiger partial charge in [0.15, 0.2) is 0 Å². The zero-order chi connectivity index (χ0) is 11.7. The molecule has 0 spiro atoms. The van der Waals surface area contributed by atoms with Crippen LogP contribution in [-0.4, -0.2) is 0 Å². The maximum absolute atomic E-state index is 8.93. The first kappa shape index (κ1) is 11.1. The van der Waals surface area contributed by atoms with Gasteiger partial charge in [0.2, 0.25) is 5.69 Å². The Morgan fingerprint density at radius 3 is 2.44 bits per heavy atom. The molecule has 2 aliphatic carbocycles. The molecule has 0 saturated carbocycles. The van der Waals surface area contributed by atoms with Crippen LogP contribution in [0.4, 0.5) is 5.69 Å². The standard InChI is InChI=1S/C12H4Br2N2/c1-16-12-4-9-8(3-2-7(12)6-15)10(13)5-11(9)14/h2-5H. The topological polar surface area (TPSA) is 28.1 Å². The predicted molar refractivity (Wildman–Crippen MR) is 69.4 cm³/mol. The number of hydrogen-bond donors (Lipinski definition) is 0. The Balaban J connectivity index is 2.87. The third kappa shape index (κ3) is 1.71. The van der Waals surface area contributed by atoms with Crippen LogP contribution in [-0.2, 0) is 0 Å². The van der Waals surface area contributed by atoms with Crippen molar-refractivity contribution in [2.24, 2.45) is 0 Å². The maximum atomic E-state index is 8.93. The zero-order valence-corrected chi connectivity index (χ0v) is 11.1. The molecule has 0 heterocycles. The molecule has 16 heavy (non-hydrogen) atoms. The van der Waals surface area contributed by atoms with Gasteiger partial charge in [-0.1, -0.05) is 44.0 Å². The summed E-state index contributed by atoms with van der Waals surface area (Å²) >= 11 is 6.87. The number of nitrogens with zero attached hydrogens (tertiary/aromatic N) is 2. The monoisotopic (exact) mass is 334 g/mol. The van der Waals surface area contributed by atoms with E-state index in [2.05, 4.69) is 36.7 Å². The molecule has 0 aromatic heterocycles. The normalized spacial score (nSPS) is 9.75. The van der Waals surface area contributed by atoms with E-state index in [0.29, 0.717) is 11.3 Å². The smallest absolute Gasteiger partial charge is 0.205 e. The first-order chi connectivity index (χ1) is 7.67. The van der Waals surface area contributed by atoms with Crippen molar-refractivity contribution in [3.63, 3.8) is 0 Å². The van der Waals surface area contributed by atoms with E-state index in [4.69, 9.17) is 11.8 Å². The van der Waals surface area contributed by atoms with E-state index in [1.807, 2.05) is 18.2 Å². The van der Waals surface area contributed by atoms with Gasteiger partial charge in [0.1, 0.15) is 0 Å². The Bertz CT molecular complexity index is 620. The second kappa shape index (κ2) is 4.25. The summed E-state index contributed by atoms with van der Waals surface area (Å²) in [5, 5.41) is 8.93. The van der Waals surface area contributed by atoms with E-state index in [0.717, 1.165) is 20.1 Å². The van der Waals surface area contributed by atoms with Crippen LogP contribution in [0.1, 0.15) is 5.56 Å². The van der Waals surface area contributed by atoms with Crippen molar-refractivity contribution in [3.8, 4) is 17.2 Å². The van der Waals surface area contributed by atoms with Gasteiger partial charge in [-0.3, -0.25) is 0 Å². The molecule has 2 nitrogen and oxygen atoms in total. The molecule has 2 aliphatic rings. The van der Waals surface area contributed by atoms with Gasteiger partial charge < -0.3 is 0 Å². The summed E-state index contributed by atoms with van der Waals surface area (Å²) < 4.78 is 1.87. The highest BCUT2D eigenvalue weighted by Crippen LogP contribution is 2.40. The largest absolute Gasteiger partial charge is 0.237 e. The van der Waals surface area contributed by atoms with Crippen LogP contribution in [0.2, 0.25) is 0 Å². The molecule has 0 atom stereocenters. The molecule has 0 amide bonds. The highest BCUT2D eigenvalue weighted by atomic mass is 79.9. The number of nitriles is 1. The molecule has 0 bridgehead atoms. The van der Waals surface area contributed by atoms with E-state index in [1.54, 1.807) is 12.1 Å². The molecule has 0 aliphatic heterocycles. The van der Waals surface area contributed by atoms with Gasteiger partial charge in [0, 0.05) is 8.95 Å². The molecule has 4 heteroatoms. The van der Waals surface area contributed by atoms with Crippen LogP contribution in [0.25, 0.3) is 16.0 Å². The Hall–Kier alpha value is -1.36. The second-order valence-corrected chi connectivity index (χ2v) is 4.88. The fraction of sp³-hybridized carbons (Fsp3) is 0. The first-order valence-corrected chi connectivity index (χ1v) is 5.95. The predicted octanol–water partition coefficient (Wildman–Crippen LogP) is 4.74. The molecule has 0 N–H and O–H groups in total. The average molecular weight is 336 g/mol. The highest BCUT2D eigenvalue weighted by molar-refractivity contribution is 9.11. The lowest BCUT2D eigenvalue weighted by Crippen LogP contribution is -1.67. The molecule has 0 fully saturated rings. The van der Waals surface area contributed by atoms with Crippen molar-refractivity contribution >= 4 is 37.5 Å². The Morgan fingerprint density at radius 1 is 1.12 bits per heavy atom. The summed E-state index contributed by atoms with van der Waals surface area (Å²) in [4.78, 5) is 3.37. The molecule has 76 valence electrons. The van der Waals surface area contributed by atoms with Crippen molar-refractivity contribution in [1.82, 2.24) is 0 Å². The molecule has 0 saturated heterocycles. The van der Waals surface area contributed by atoms with Gasteiger partial charge in [-0.05, 0) is 23.3 Å². The Morgan fingerprint density at radius 2 is 1.81 bits per heavy atom. The van der Waals surface area contributed by atoms with Gasteiger partial charge in [-0.2, -0.15) is 5.26 Å². The first-order valence-electron chi connectivity index (χ1n) is 4.36. The van der Waals surface area contributed by atoms with Crippen molar-refractivity contribution in [2.45, 2.75) is 0 Å². The summed E-state index contributed by atoms with van der Waals surface area (Å²) in [6.07, 6.45) is 0. The molecular formula is C12H4Br2N2. The Labute approximate surface area is 110 Å². The van der Waals surface area contributed by atoms with Gasteiger partial charge in [0.05, 0.1) is 18.2 Å². The summed E-state index contributed by atoms with van der Waals surface area (Å²) in [5.41, 5.74) is 2.68. The number of halogens is 2. The second-order valence-electron chi connectivity index (χ2n) is 3.17. The third-order valence-corrected chi connectivity index (χ3v) is 3.58. The summed E-state index contributed by atoms with van der Waals surface area (Å²) in [6.45, 7) is 7.07. The van der Waals surface area contributed by atoms with Crippen LogP contribution >= 0.6 is 31.9 Å².